The van der Waals surface area contributed by atoms with Crippen molar-refractivity contribution in [3.63, 3.8) is 0 Å². The van der Waals surface area contributed by atoms with Gasteiger partial charge in [0.25, 0.3) is 0 Å². The highest BCUT2D eigenvalue weighted by atomic mass is 35.5. The highest BCUT2D eigenvalue weighted by molar-refractivity contribution is 5.85. The Morgan fingerprint density at radius 1 is 1.24 bits per heavy atom. The molecule has 2 heterocycles. The maximum absolute atomic E-state index is 12.4. The molecule has 1 aromatic rings. The van der Waals surface area contributed by atoms with Crippen molar-refractivity contribution in [2.45, 2.75) is 25.0 Å². The predicted molar refractivity (Wildman–Crippen MR) is 99.2 cm³/mol. The van der Waals surface area contributed by atoms with Crippen LogP contribution in [0.4, 0.5) is 0 Å². The third-order valence-corrected chi connectivity index (χ3v) is 4.70. The van der Waals surface area contributed by atoms with Crippen molar-refractivity contribution >= 4 is 18.3 Å². The SMILES string of the molecule is Cl.O=C([C@@H]1CCCN1)N1CCN(CC(O)COc2ccccc2)CC1. The lowest BCUT2D eigenvalue weighted by molar-refractivity contribution is -0.135. The summed E-state index contributed by atoms with van der Waals surface area (Å²) < 4.78 is 5.59. The molecular formula is C18H28ClN3O3. The molecule has 2 saturated heterocycles. The van der Waals surface area contributed by atoms with Crippen LogP contribution in [0.2, 0.25) is 0 Å². The van der Waals surface area contributed by atoms with Crippen molar-refractivity contribution in [1.82, 2.24) is 15.1 Å². The van der Waals surface area contributed by atoms with Crippen molar-refractivity contribution in [2.75, 3.05) is 45.9 Å². The van der Waals surface area contributed by atoms with Crippen LogP contribution in [0.25, 0.3) is 0 Å². The molecule has 0 aliphatic carbocycles. The van der Waals surface area contributed by atoms with E-state index in [9.17, 15) is 9.90 Å². The summed E-state index contributed by atoms with van der Waals surface area (Å²) >= 11 is 0. The topological polar surface area (TPSA) is 65.0 Å². The van der Waals surface area contributed by atoms with E-state index in [1.165, 1.54) is 0 Å². The molecule has 2 fully saturated rings. The molecule has 25 heavy (non-hydrogen) atoms. The zero-order chi connectivity index (χ0) is 16.8. The summed E-state index contributed by atoms with van der Waals surface area (Å²) in [4.78, 5) is 16.5. The number of benzene rings is 1. The molecule has 0 bridgehead atoms. The number of para-hydroxylation sites is 1. The monoisotopic (exact) mass is 369 g/mol. The molecule has 140 valence electrons. The molecule has 2 N–H and O–H groups in total. The first-order chi connectivity index (χ1) is 11.7. The van der Waals surface area contributed by atoms with Crippen molar-refractivity contribution < 1.29 is 14.6 Å². The Morgan fingerprint density at radius 3 is 2.60 bits per heavy atom. The van der Waals surface area contributed by atoms with E-state index in [-0.39, 0.29) is 31.0 Å². The number of aliphatic hydroxyl groups is 1. The first-order valence-electron chi connectivity index (χ1n) is 8.83. The van der Waals surface area contributed by atoms with Gasteiger partial charge in [0.15, 0.2) is 0 Å². The van der Waals surface area contributed by atoms with E-state index in [0.29, 0.717) is 6.54 Å². The number of halogens is 1. The van der Waals surface area contributed by atoms with Crippen LogP contribution in [0, 0.1) is 0 Å². The van der Waals surface area contributed by atoms with Gasteiger partial charge in [0.1, 0.15) is 18.5 Å². The van der Waals surface area contributed by atoms with E-state index in [2.05, 4.69) is 10.2 Å². The van der Waals surface area contributed by atoms with Crippen LogP contribution < -0.4 is 10.1 Å². The fraction of sp³-hybridized carbons (Fsp3) is 0.611. The summed E-state index contributed by atoms with van der Waals surface area (Å²) in [7, 11) is 0. The molecule has 0 spiro atoms. The number of aliphatic hydroxyl groups excluding tert-OH is 1. The van der Waals surface area contributed by atoms with E-state index in [1.807, 2.05) is 35.2 Å². The molecule has 0 saturated carbocycles. The Balaban J connectivity index is 0.00000225. The number of carbonyl (C=O) groups is 1. The minimum absolute atomic E-state index is 0. The Labute approximate surface area is 155 Å². The van der Waals surface area contributed by atoms with Crippen molar-refractivity contribution in [3.05, 3.63) is 30.3 Å². The van der Waals surface area contributed by atoms with Gasteiger partial charge in [0.05, 0.1) is 6.04 Å². The van der Waals surface area contributed by atoms with Crippen LogP contribution in [0.1, 0.15) is 12.8 Å². The Kier molecular flexibility index (Phi) is 7.96. The quantitative estimate of drug-likeness (QED) is 0.774. The number of ether oxygens (including phenoxy) is 1. The molecule has 7 heteroatoms. The first kappa shape index (κ1) is 20.0. The number of rotatable bonds is 6. The highest BCUT2D eigenvalue weighted by Gasteiger charge is 2.29. The smallest absolute Gasteiger partial charge is 0.239 e. The van der Waals surface area contributed by atoms with Crippen LogP contribution in [-0.4, -0.2) is 78.8 Å². The lowest BCUT2D eigenvalue weighted by Crippen LogP contribution is -2.54. The van der Waals surface area contributed by atoms with Crippen LogP contribution in [0.5, 0.6) is 5.75 Å². The number of piperazine rings is 1. The molecule has 1 amide bonds. The second-order valence-corrected chi connectivity index (χ2v) is 6.55. The van der Waals surface area contributed by atoms with Crippen molar-refractivity contribution in [2.24, 2.45) is 0 Å². The Bertz CT molecular complexity index is 518. The lowest BCUT2D eigenvalue weighted by Gasteiger charge is -2.36. The Hall–Kier alpha value is -1.34. The fourth-order valence-corrected chi connectivity index (χ4v) is 3.33. The molecule has 2 atom stereocenters. The second kappa shape index (κ2) is 9.97. The molecule has 2 aliphatic heterocycles. The van der Waals surface area contributed by atoms with Gasteiger partial charge in [-0.15, -0.1) is 12.4 Å². The summed E-state index contributed by atoms with van der Waals surface area (Å²) in [5.41, 5.74) is 0. The van der Waals surface area contributed by atoms with Gasteiger partial charge in [-0.3, -0.25) is 9.69 Å². The standard InChI is InChI=1S/C18H27N3O3.ClH/c22-15(14-24-16-5-2-1-3-6-16)13-20-9-11-21(12-10-20)18(23)17-7-4-8-19-17;/h1-3,5-6,15,17,19,22H,4,7-14H2;1H/t15?,17-;/m0./s1. The van der Waals surface area contributed by atoms with E-state index < -0.39 is 6.10 Å². The van der Waals surface area contributed by atoms with Crippen molar-refractivity contribution in [1.29, 1.82) is 0 Å². The van der Waals surface area contributed by atoms with E-state index >= 15 is 0 Å². The second-order valence-electron chi connectivity index (χ2n) is 6.55. The van der Waals surface area contributed by atoms with E-state index in [4.69, 9.17) is 4.74 Å². The number of β-amino-alcohol motifs (C(OH)–C–C–N with tert-alkyl or cyclic N) is 1. The van der Waals surface area contributed by atoms with Gasteiger partial charge < -0.3 is 20.1 Å². The first-order valence-corrected chi connectivity index (χ1v) is 8.83. The largest absolute Gasteiger partial charge is 0.491 e. The predicted octanol–water partition coefficient (Wildman–Crippen LogP) is 0.744. The highest BCUT2D eigenvalue weighted by Crippen LogP contribution is 2.12. The number of nitrogens with zero attached hydrogens (tertiary/aromatic N) is 2. The molecule has 3 rings (SSSR count). The zero-order valence-corrected chi connectivity index (χ0v) is 15.3. The summed E-state index contributed by atoms with van der Waals surface area (Å²) in [6, 6.07) is 9.54. The lowest BCUT2D eigenvalue weighted by atomic mass is 10.2. The van der Waals surface area contributed by atoms with E-state index in [1.54, 1.807) is 0 Å². The van der Waals surface area contributed by atoms with Crippen molar-refractivity contribution in [3.8, 4) is 5.75 Å². The average Bonchev–Trinajstić information content (AvgIpc) is 3.16. The average molecular weight is 370 g/mol. The van der Waals surface area contributed by atoms with E-state index in [0.717, 1.165) is 51.3 Å². The van der Waals surface area contributed by atoms with Gasteiger partial charge in [0.2, 0.25) is 5.91 Å². The zero-order valence-electron chi connectivity index (χ0n) is 14.5. The normalized spacial score (nSPS) is 22.3. The maximum Gasteiger partial charge on any atom is 0.239 e. The summed E-state index contributed by atoms with van der Waals surface area (Å²) in [5.74, 6) is 1.01. The van der Waals surface area contributed by atoms with Gasteiger partial charge in [-0.05, 0) is 31.5 Å². The van der Waals surface area contributed by atoms with Gasteiger partial charge in [-0.1, -0.05) is 18.2 Å². The maximum atomic E-state index is 12.4. The molecule has 0 radical (unpaired) electrons. The van der Waals surface area contributed by atoms with Crippen LogP contribution in [0.15, 0.2) is 30.3 Å². The summed E-state index contributed by atoms with van der Waals surface area (Å²) in [6.45, 7) is 4.91. The Morgan fingerprint density at radius 2 is 1.96 bits per heavy atom. The molecule has 1 unspecified atom stereocenters. The number of hydrogen-bond donors (Lipinski definition) is 2. The van der Waals surface area contributed by atoms with Gasteiger partial charge in [0, 0.05) is 32.7 Å². The molecular weight excluding hydrogens is 342 g/mol. The van der Waals surface area contributed by atoms with Crippen LogP contribution in [-0.2, 0) is 4.79 Å². The minimum Gasteiger partial charge on any atom is -0.491 e. The minimum atomic E-state index is -0.524. The van der Waals surface area contributed by atoms with Gasteiger partial charge >= 0.3 is 0 Å². The molecule has 1 aromatic carbocycles. The molecule has 2 aliphatic rings. The third kappa shape index (κ3) is 5.85. The number of amides is 1. The van der Waals surface area contributed by atoms with Crippen LogP contribution >= 0.6 is 12.4 Å². The number of carbonyl (C=O) groups excluding carboxylic acids is 1. The third-order valence-electron chi connectivity index (χ3n) is 4.70. The molecule has 0 aromatic heterocycles. The number of hydrogen-bond acceptors (Lipinski definition) is 5. The number of nitrogens with one attached hydrogen (secondary N) is 1. The van der Waals surface area contributed by atoms with Crippen LogP contribution in [0.3, 0.4) is 0 Å². The fourth-order valence-electron chi connectivity index (χ4n) is 3.33. The summed E-state index contributed by atoms with van der Waals surface area (Å²) in [6.07, 6.45) is 1.52. The summed E-state index contributed by atoms with van der Waals surface area (Å²) in [5, 5.41) is 13.4. The van der Waals surface area contributed by atoms with Gasteiger partial charge in [-0.2, -0.15) is 0 Å². The van der Waals surface area contributed by atoms with Gasteiger partial charge in [-0.25, -0.2) is 0 Å². The molecule has 6 nitrogen and oxygen atoms in total.